The Balaban J connectivity index is 0.00000225. The van der Waals surface area contributed by atoms with Crippen molar-refractivity contribution in [2.75, 3.05) is 13.6 Å². The zero-order valence-electron chi connectivity index (χ0n) is 15.8. The molecule has 8 heteroatoms. The van der Waals surface area contributed by atoms with Gasteiger partial charge in [-0.1, -0.05) is 12.1 Å². The van der Waals surface area contributed by atoms with Gasteiger partial charge < -0.3 is 10.1 Å². The minimum absolute atomic E-state index is 0. The molecular weight excluding hydrogens is 388 g/mol. The van der Waals surface area contributed by atoms with E-state index in [0.717, 1.165) is 17.1 Å². The highest BCUT2D eigenvalue weighted by molar-refractivity contribution is 5.85. The number of fused-ring (bicyclic) bond motifs is 2. The molecule has 0 fully saturated rings. The quantitative estimate of drug-likeness (QED) is 0.715. The Morgan fingerprint density at radius 3 is 2.46 bits per heavy atom. The van der Waals surface area contributed by atoms with Gasteiger partial charge in [0.05, 0.1) is 11.0 Å². The van der Waals surface area contributed by atoms with Crippen molar-refractivity contribution in [3.8, 4) is 5.75 Å². The van der Waals surface area contributed by atoms with E-state index in [2.05, 4.69) is 5.32 Å². The maximum absolute atomic E-state index is 14.3. The lowest BCUT2D eigenvalue weighted by molar-refractivity contribution is 0.184. The Kier molecular flexibility index (Phi) is 5.50. The zero-order chi connectivity index (χ0) is 19.3. The molecule has 4 rings (SSSR count). The molecule has 3 aromatic rings. The van der Waals surface area contributed by atoms with Crippen LogP contribution < -0.4 is 15.7 Å². The number of imidazole rings is 1. The van der Waals surface area contributed by atoms with Crippen LogP contribution >= 0.6 is 12.4 Å². The molecule has 0 aliphatic carbocycles. The van der Waals surface area contributed by atoms with Crippen LogP contribution in [0.1, 0.15) is 31.5 Å². The summed E-state index contributed by atoms with van der Waals surface area (Å²) in [5.41, 5.74) is 1.82. The molecular formula is C20H22ClF2N3O2. The van der Waals surface area contributed by atoms with Gasteiger partial charge in [0.25, 0.3) is 0 Å². The van der Waals surface area contributed by atoms with Crippen molar-refractivity contribution in [2.24, 2.45) is 0 Å². The number of likely N-dealkylation sites (N-methyl/N-ethyl adjacent to an activating group) is 1. The van der Waals surface area contributed by atoms with E-state index in [-0.39, 0.29) is 29.9 Å². The summed E-state index contributed by atoms with van der Waals surface area (Å²) in [6.45, 7) is 4.27. The van der Waals surface area contributed by atoms with E-state index < -0.39 is 23.8 Å². The van der Waals surface area contributed by atoms with Crippen molar-refractivity contribution < 1.29 is 13.5 Å². The van der Waals surface area contributed by atoms with Crippen LogP contribution in [0.3, 0.4) is 0 Å². The molecule has 0 radical (unpaired) electrons. The van der Waals surface area contributed by atoms with Crippen LogP contribution in [0, 0.1) is 11.6 Å². The highest BCUT2D eigenvalue weighted by atomic mass is 35.5. The molecule has 0 bridgehead atoms. The lowest BCUT2D eigenvalue weighted by Crippen LogP contribution is -2.38. The fourth-order valence-corrected chi connectivity index (χ4v) is 3.94. The number of nitrogens with one attached hydrogen (secondary N) is 1. The zero-order valence-corrected chi connectivity index (χ0v) is 16.6. The lowest BCUT2D eigenvalue weighted by atomic mass is 10.0. The predicted molar refractivity (Wildman–Crippen MR) is 107 cm³/mol. The smallest absolute Gasteiger partial charge is 0.330 e. The van der Waals surface area contributed by atoms with E-state index in [1.165, 1.54) is 6.07 Å². The van der Waals surface area contributed by atoms with Crippen LogP contribution in [0.5, 0.6) is 5.75 Å². The van der Waals surface area contributed by atoms with Crippen molar-refractivity contribution >= 4 is 23.4 Å². The second-order valence-corrected chi connectivity index (χ2v) is 7.04. The van der Waals surface area contributed by atoms with Crippen LogP contribution in [0.15, 0.2) is 41.2 Å². The average molecular weight is 410 g/mol. The Labute approximate surface area is 167 Å². The molecule has 5 nitrogen and oxygen atoms in total. The number of nitrogens with zero attached hydrogens (tertiary/aromatic N) is 2. The van der Waals surface area contributed by atoms with Gasteiger partial charge in [-0.05, 0) is 45.2 Å². The molecule has 1 aromatic heterocycles. The maximum Gasteiger partial charge on any atom is 0.330 e. The Morgan fingerprint density at radius 1 is 1.14 bits per heavy atom. The van der Waals surface area contributed by atoms with Crippen molar-refractivity contribution in [3.63, 3.8) is 0 Å². The standard InChI is InChI=1S/C20H21F2N3O2.ClH/c1-11(2)24-14-6-4-5-7-15(14)25(20(24)26)18-12-8-9-13(21)17(22)19(12)27-16(18)10-23-3;/h4-9,11,16,18,23H,10H2,1-3H3;1H/t16-,18+;/m1./s1. The first kappa shape index (κ1) is 20.4. The van der Waals surface area contributed by atoms with E-state index >= 15 is 0 Å². The molecule has 1 aliphatic heterocycles. The number of hydrogen-bond acceptors (Lipinski definition) is 3. The molecule has 1 N–H and O–H groups in total. The van der Waals surface area contributed by atoms with E-state index in [0.29, 0.717) is 12.1 Å². The van der Waals surface area contributed by atoms with Gasteiger partial charge in [0, 0.05) is 18.2 Å². The Hall–Kier alpha value is -2.38. The second kappa shape index (κ2) is 7.56. The maximum atomic E-state index is 14.3. The van der Waals surface area contributed by atoms with Gasteiger partial charge >= 0.3 is 5.69 Å². The van der Waals surface area contributed by atoms with E-state index in [4.69, 9.17) is 4.74 Å². The number of benzene rings is 2. The third-order valence-corrected chi connectivity index (χ3v) is 5.03. The van der Waals surface area contributed by atoms with Gasteiger partial charge in [-0.3, -0.25) is 9.13 Å². The van der Waals surface area contributed by atoms with Crippen LogP contribution in [0.25, 0.3) is 11.0 Å². The molecule has 28 heavy (non-hydrogen) atoms. The average Bonchev–Trinajstić information content (AvgIpc) is 3.13. The molecule has 150 valence electrons. The van der Waals surface area contributed by atoms with Crippen molar-refractivity contribution in [2.45, 2.75) is 32.0 Å². The second-order valence-electron chi connectivity index (χ2n) is 7.04. The third-order valence-electron chi connectivity index (χ3n) is 5.03. The summed E-state index contributed by atoms with van der Waals surface area (Å²) in [6.07, 6.45) is -0.537. The lowest BCUT2D eigenvalue weighted by Gasteiger charge is -2.20. The summed E-state index contributed by atoms with van der Waals surface area (Å²) < 4.78 is 37.2. The summed E-state index contributed by atoms with van der Waals surface area (Å²) >= 11 is 0. The van der Waals surface area contributed by atoms with Crippen LogP contribution in [0.2, 0.25) is 0 Å². The summed E-state index contributed by atoms with van der Waals surface area (Å²) in [4.78, 5) is 13.3. The SMILES string of the molecule is CNC[C@H]1Oc2c(ccc(F)c2F)[C@@H]1n1c(=O)n(C(C)C)c2ccccc21.Cl. The highest BCUT2D eigenvalue weighted by Gasteiger charge is 2.40. The summed E-state index contributed by atoms with van der Waals surface area (Å²) in [5, 5.41) is 3.01. The number of halogens is 3. The molecule has 0 saturated carbocycles. The summed E-state index contributed by atoms with van der Waals surface area (Å²) in [5.74, 6) is -2.10. The first-order valence-electron chi connectivity index (χ1n) is 8.96. The van der Waals surface area contributed by atoms with E-state index in [1.54, 1.807) is 16.2 Å². The number of hydrogen-bond donors (Lipinski definition) is 1. The Bertz CT molecular complexity index is 1080. The van der Waals surface area contributed by atoms with Gasteiger partial charge in [0.1, 0.15) is 12.1 Å². The molecule has 0 spiro atoms. The van der Waals surface area contributed by atoms with Crippen molar-refractivity contribution in [1.82, 2.24) is 14.5 Å². The fourth-order valence-electron chi connectivity index (χ4n) is 3.94. The fraction of sp³-hybridized carbons (Fsp3) is 0.350. The van der Waals surface area contributed by atoms with Gasteiger partial charge in [-0.2, -0.15) is 4.39 Å². The predicted octanol–water partition coefficient (Wildman–Crippen LogP) is 3.65. The van der Waals surface area contributed by atoms with E-state index in [1.807, 2.05) is 38.1 Å². The van der Waals surface area contributed by atoms with Crippen molar-refractivity contribution in [3.05, 3.63) is 64.1 Å². The molecule has 0 unspecified atom stereocenters. The highest BCUT2D eigenvalue weighted by Crippen LogP contribution is 2.42. The number of ether oxygens (including phenoxy) is 1. The Morgan fingerprint density at radius 2 is 1.82 bits per heavy atom. The van der Waals surface area contributed by atoms with Crippen molar-refractivity contribution in [1.29, 1.82) is 0 Å². The number of rotatable bonds is 4. The number of aromatic nitrogens is 2. The van der Waals surface area contributed by atoms with Crippen LogP contribution in [-0.2, 0) is 0 Å². The molecule has 2 atom stereocenters. The first-order valence-corrected chi connectivity index (χ1v) is 8.96. The van der Waals surface area contributed by atoms with E-state index in [9.17, 15) is 13.6 Å². The first-order chi connectivity index (χ1) is 13.0. The molecule has 0 amide bonds. The summed E-state index contributed by atoms with van der Waals surface area (Å²) in [7, 11) is 1.75. The van der Waals surface area contributed by atoms with Crippen LogP contribution in [-0.4, -0.2) is 28.8 Å². The normalized spacial score (nSPS) is 18.2. The third kappa shape index (κ3) is 2.89. The molecule has 1 aliphatic rings. The summed E-state index contributed by atoms with van der Waals surface area (Å²) in [6, 6.07) is 9.48. The monoisotopic (exact) mass is 409 g/mol. The van der Waals surface area contributed by atoms with Crippen LogP contribution in [0.4, 0.5) is 8.78 Å². The number of para-hydroxylation sites is 2. The minimum Gasteiger partial charge on any atom is -0.483 e. The largest absolute Gasteiger partial charge is 0.483 e. The molecule has 0 saturated heterocycles. The van der Waals surface area contributed by atoms with Gasteiger partial charge in [-0.15, -0.1) is 12.4 Å². The minimum atomic E-state index is -1.02. The van der Waals surface area contributed by atoms with Gasteiger partial charge in [-0.25, -0.2) is 9.18 Å². The molecule has 2 heterocycles. The van der Waals surface area contributed by atoms with Gasteiger partial charge in [0.15, 0.2) is 11.6 Å². The topological polar surface area (TPSA) is 48.2 Å². The van der Waals surface area contributed by atoms with Gasteiger partial charge in [0.2, 0.25) is 5.82 Å². The molecule has 2 aromatic carbocycles.